The zero-order valence-electron chi connectivity index (χ0n) is 12.7. The molecule has 0 bridgehead atoms. The van der Waals surface area contributed by atoms with Crippen molar-refractivity contribution in [2.45, 2.75) is 32.6 Å². The van der Waals surface area contributed by atoms with Crippen LogP contribution in [0.1, 0.15) is 42.9 Å². The van der Waals surface area contributed by atoms with E-state index in [2.05, 4.69) is 13.0 Å². The molecule has 0 heterocycles. The van der Waals surface area contributed by atoms with Crippen LogP contribution in [0.25, 0.3) is 0 Å². The van der Waals surface area contributed by atoms with Crippen molar-refractivity contribution < 1.29 is 4.74 Å². The van der Waals surface area contributed by atoms with E-state index in [0.29, 0.717) is 16.4 Å². The second-order valence-electron chi connectivity index (χ2n) is 5.11. The molecule has 2 rings (SSSR count). The molecule has 0 atom stereocenters. The number of hydrogen-bond acceptors (Lipinski definition) is 3. The number of nitrogens with zero attached hydrogens (tertiary/aromatic N) is 1. The third-order valence-corrected chi connectivity index (χ3v) is 3.81. The normalized spacial score (nSPS) is 10.0. The second kappa shape index (κ2) is 8.31. The Hall–Kier alpha value is -2.18. The summed E-state index contributed by atoms with van der Waals surface area (Å²) in [7, 11) is 0. The summed E-state index contributed by atoms with van der Waals surface area (Å²) in [6.07, 6.45) is 4.30. The second-order valence-corrected chi connectivity index (χ2v) is 5.49. The number of thiocarbonyl (C=S) groups is 1. The van der Waals surface area contributed by atoms with E-state index in [1.165, 1.54) is 6.42 Å². The van der Waals surface area contributed by atoms with Crippen LogP contribution in [0.3, 0.4) is 0 Å². The van der Waals surface area contributed by atoms with E-state index >= 15 is 0 Å². The summed E-state index contributed by atoms with van der Waals surface area (Å²) in [4.78, 5) is 0. The van der Waals surface area contributed by atoms with Gasteiger partial charge in [-0.15, -0.1) is 0 Å². The van der Waals surface area contributed by atoms with Gasteiger partial charge in [0.25, 0.3) is 0 Å². The van der Waals surface area contributed by atoms with Crippen LogP contribution in [-0.2, 0) is 6.42 Å². The van der Waals surface area contributed by atoms with E-state index < -0.39 is 0 Å². The summed E-state index contributed by atoms with van der Waals surface area (Å²) in [6, 6.07) is 17.5. The van der Waals surface area contributed by atoms with Crippen LogP contribution in [0.2, 0.25) is 0 Å². The minimum Gasteiger partial charge on any atom is -0.444 e. The highest BCUT2D eigenvalue weighted by Crippen LogP contribution is 2.24. The SMILES string of the molecule is CCCCCc1cccc(OC(=S)c2ccccc2)c1C#N. The van der Waals surface area contributed by atoms with Crippen molar-refractivity contribution in [1.82, 2.24) is 0 Å². The monoisotopic (exact) mass is 309 g/mol. The average molecular weight is 309 g/mol. The molecule has 0 aliphatic rings. The average Bonchev–Trinajstić information content (AvgIpc) is 2.56. The standard InChI is InChI=1S/C19H19NOS/c1-2-3-5-9-15-12-8-13-18(17(15)14-20)21-19(22)16-10-6-4-7-11-16/h4,6-8,10-13H,2-3,5,9H2,1H3. The largest absolute Gasteiger partial charge is 0.444 e. The van der Waals surface area contributed by atoms with Crippen LogP contribution < -0.4 is 4.74 Å². The Morgan fingerprint density at radius 1 is 1.09 bits per heavy atom. The van der Waals surface area contributed by atoms with E-state index in [9.17, 15) is 5.26 Å². The quantitative estimate of drug-likeness (QED) is 0.553. The van der Waals surface area contributed by atoms with Gasteiger partial charge in [0.1, 0.15) is 11.8 Å². The molecule has 22 heavy (non-hydrogen) atoms. The van der Waals surface area contributed by atoms with Gasteiger partial charge in [-0.1, -0.05) is 62.2 Å². The Balaban J connectivity index is 2.19. The van der Waals surface area contributed by atoms with Crippen molar-refractivity contribution >= 4 is 17.3 Å². The van der Waals surface area contributed by atoms with E-state index in [1.807, 2.05) is 42.5 Å². The third-order valence-electron chi connectivity index (χ3n) is 3.49. The molecule has 112 valence electrons. The van der Waals surface area contributed by atoms with Crippen LogP contribution in [0.15, 0.2) is 48.5 Å². The molecule has 3 heteroatoms. The molecule has 2 aromatic rings. The fourth-order valence-electron chi connectivity index (χ4n) is 2.30. The van der Waals surface area contributed by atoms with Crippen molar-refractivity contribution in [3.63, 3.8) is 0 Å². The summed E-state index contributed by atoms with van der Waals surface area (Å²) in [5, 5.41) is 9.86. The molecule has 0 aliphatic heterocycles. The van der Waals surface area contributed by atoms with Gasteiger partial charge in [0.15, 0.2) is 5.05 Å². The highest BCUT2D eigenvalue weighted by Gasteiger charge is 2.12. The van der Waals surface area contributed by atoms with E-state index in [0.717, 1.165) is 30.4 Å². The van der Waals surface area contributed by atoms with Crippen LogP contribution in [0.4, 0.5) is 0 Å². The van der Waals surface area contributed by atoms with E-state index in [-0.39, 0.29) is 0 Å². The fraction of sp³-hybridized carbons (Fsp3) is 0.263. The molecular weight excluding hydrogens is 290 g/mol. The molecule has 2 aromatic carbocycles. The highest BCUT2D eigenvalue weighted by atomic mass is 32.1. The zero-order chi connectivity index (χ0) is 15.8. The molecule has 0 unspecified atom stereocenters. The third kappa shape index (κ3) is 4.16. The lowest BCUT2D eigenvalue weighted by atomic mass is 10.0. The van der Waals surface area contributed by atoms with Gasteiger partial charge in [-0.3, -0.25) is 0 Å². The predicted molar refractivity (Wildman–Crippen MR) is 93.2 cm³/mol. The Labute approximate surface area is 137 Å². The van der Waals surface area contributed by atoms with Gasteiger partial charge < -0.3 is 4.74 Å². The van der Waals surface area contributed by atoms with Gasteiger partial charge in [-0.25, -0.2) is 0 Å². The maximum Gasteiger partial charge on any atom is 0.198 e. The van der Waals surface area contributed by atoms with Gasteiger partial charge >= 0.3 is 0 Å². The van der Waals surface area contributed by atoms with Gasteiger partial charge in [-0.2, -0.15) is 5.26 Å². The summed E-state index contributed by atoms with van der Waals surface area (Å²) >= 11 is 5.33. The maximum absolute atomic E-state index is 9.47. The Kier molecular flexibility index (Phi) is 6.12. The minimum atomic E-state index is 0.391. The summed E-state index contributed by atoms with van der Waals surface area (Å²) in [6.45, 7) is 2.17. The summed E-state index contributed by atoms with van der Waals surface area (Å²) < 4.78 is 5.78. The van der Waals surface area contributed by atoms with Gasteiger partial charge in [-0.05, 0) is 36.7 Å². The molecule has 0 radical (unpaired) electrons. The lowest BCUT2D eigenvalue weighted by Crippen LogP contribution is -2.08. The van der Waals surface area contributed by atoms with Crippen LogP contribution in [-0.4, -0.2) is 5.05 Å². The summed E-state index contributed by atoms with van der Waals surface area (Å²) in [5.74, 6) is 0.547. The maximum atomic E-state index is 9.47. The van der Waals surface area contributed by atoms with Crippen molar-refractivity contribution in [3.8, 4) is 11.8 Å². The molecule has 0 fully saturated rings. The number of benzene rings is 2. The molecule has 0 aliphatic carbocycles. The fourth-order valence-corrected chi connectivity index (χ4v) is 2.52. The number of aryl methyl sites for hydroxylation is 1. The first-order chi connectivity index (χ1) is 10.8. The van der Waals surface area contributed by atoms with Gasteiger partial charge in [0.05, 0.1) is 5.56 Å². The van der Waals surface area contributed by atoms with Crippen LogP contribution >= 0.6 is 12.2 Å². The number of nitriles is 1. The van der Waals surface area contributed by atoms with Crippen LogP contribution in [0.5, 0.6) is 5.75 Å². The van der Waals surface area contributed by atoms with E-state index in [4.69, 9.17) is 17.0 Å². The van der Waals surface area contributed by atoms with Gasteiger partial charge in [0.2, 0.25) is 0 Å². The van der Waals surface area contributed by atoms with Crippen molar-refractivity contribution in [2.75, 3.05) is 0 Å². The highest BCUT2D eigenvalue weighted by molar-refractivity contribution is 7.80. The molecule has 0 N–H and O–H groups in total. The molecule has 0 aromatic heterocycles. The Morgan fingerprint density at radius 3 is 2.55 bits per heavy atom. The summed E-state index contributed by atoms with van der Waals surface area (Å²) in [5.41, 5.74) is 2.47. The van der Waals surface area contributed by atoms with Crippen molar-refractivity contribution in [1.29, 1.82) is 5.26 Å². The topological polar surface area (TPSA) is 33.0 Å². The number of ether oxygens (including phenoxy) is 1. The smallest absolute Gasteiger partial charge is 0.198 e. The molecular formula is C19H19NOS. The first-order valence-electron chi connectivity index (χ1n) is 7.55. The number of hydrogen-bond donors (Lipinski definition) is 0. The van der Waals surface area contributed by atoms with E-state index in [1.54, 1.807) is 6.07 Å². The first-order valence-corrected chi connectivity index (χ1v) is 7.96. The predicted octanol–water partition coefficient (Wildman–Crippen LogP) is 5.05. The number of unbranched alkanes of at least 4 members (excludes halogenated alkanes) is 2. The molecule has 0 amide bonds. The first kappa shape index (κ1) is 16.2. The molecule has 0 spiro atoms. The number of rotatable bonds is 6. The van der Waals surface area contributed by atoms with Crippen LogP contribution in [0, 0.1) is 11.3 Å². The Bertz CT molecular complexity index is 674. The zero-order valence-corrected chi connectivity index (χ0v) is 13.5. The lowest BCUT2D eigenvalue weighted by Gasteiger charge is -2.11. The van der Waals surface area contributed by atoms with Crippen molar-refractivity contribution in [2.24, 2.45) is 0 Å². The molecule has 0 saturated heterocycles. The minimum absolute atomic E-state index is 0.391. The lowest BCUT2D eigenvalue weighted by molar-refractivity contribution is 0.562. The molecule has 2 nitrogen and oxygen atoms in total. The Morgan fingerprint density at radius 2 is 1.86 bits per heavy atom. The van der Waals surface area contributed by atoms with Crippen molar-refractivity contribution in [3.05, 3.63) is 65.2 Å². The molecule has 0 saturated carbocycles. The van der Waals surface area contributed by atoms with Gasteiger partial charge in [0, 0.05) is 5.56 Å².